The first-order valence-corrected chi connectivity index (χ1v) is 5.30. The highest BCUT2D eigenvalue weighted by Crippen LogP contribution is 2.41. The van der Waals surface area contributed by atoms with Gasteiger partial charge in [0.2, 0.25) is 0 Å². The maximum absolute atomic E-state index is 11.9. The van der Waals surface area contributed by atoms with Crippen molar-refractivity contribution in [2.45, 2.75) is 25.6 Å². The van der Waals surface area contributed by atoms with Crippen LogP contribution in [0.4, 0.5) is 0 Å². The largest absolute Gasteiger partial charge is 0.392 e. The van der Waals surface area contributed by atoms with Crippen LogP contribution in [0.1, 0.15) is 13.8 Å². The molecule has 2 aliphatic heterocycles. The van der Waals surface area contributed by atoms with Crippen molar-refractivity contribution in [3.8, 4) is 0 Å². The number of hydrogen-bond donors (Lipinski definition) is 1. The molecule has 2 bridgehead atoms. The summed E-state index contributed by atoms with van der Waals surface area (Å²) < 4.78 is 5.85. The van der Waals surface area contributed by atoms with Gasteiger partial charge in [-0.05, 0) is 12.2 Å². The van der Waals surface area contributed by atoms with E-state index in [1.807, 2.05) is 26.0 Å². The highest BCUT2D eigenvalue weighted by atomic mass is 16.5. The normalized spacial score (nSPS) is 44.2. The molecule has 0 unspecified atom stereocenters. The van der Waals surface area contributed by atoms with Crippen molar-refractivity contribution in [3.63, 3.8) is 0 Å². The first-order chi connectivity index (χ1) is 7.10. The minimum absolute atomic E-state index is 0.0277. The minimum atomic E-state index is -0.614. The van der Waals surface area contributed by atoms with Crippen molar-refractivity contribution >= 4 is 5.78 Å². The number of fused-ring (bicyclic) bond motifs is 2. The van der Waals surface area contributed by atoms with Crippen LogP contribution in [0.3, 0.4) is 0 Å². The third-order valence-electron chi connectivity index (χ3n) is 3.42. The molecular weight excluding hydrogens is 192 g/mol. The standard InChI is InChI=1S/C12H16O3/c1-8-10-4-6-12(15-10,5-3-7-13)9(2)11(8)14/h3-6,8-10,13H,7H2,1-2H3/b5-3+/t8-,9-,10+,12-/m0/s1. The molecule has 0 aromatic carbocycles. The summed E-state index contributed by atoms with van der Waals surface area (Å²) in [4.78, 5) is 11.9. The maximum Gasteiger partial charge on any atom is 0.144 e. The fraction of sp³-hybridized carbons (Fsp3) is 0.583. The van der Waals surface area contributed by atoms with Gasteiger partial charge in [0.05, 0.1) is 18.6 Å². The van der Waals surface area contributed by atoms with E-state index >= 15 is 0 Å². The van der Waals surface area contributed by atoms with Crippen molar-refractivity contribution in [1.29, 1.82) is 0 Å². The average molecular weight is 208 g/mol. The molecule has 0 amide bonds. The Labute approximate surface area is 89.4 Å². The van der Waals surface area contributed by atoms with Crippen LogP contribution in [-0.2, 0) is 9.53 Å². The zero-order chi connectivity index (χ0) is 11.1. The lowest BCUT2D eigenvalue weighted by Crippen LogP contribution is -2.48. The molecule has 2 rings (SSSR count). The summed E-state index contributed by atoms with van der Waals surface area (Å²) in [6, 6.07) is 0. The molecule has 4 atom stereocenters. The molecule has 15 heavy (non-hydrogen) atoms. The molecular formula is C12H16O3. The molecule has 1 N–H and O–H groups in total. The van der Waals surface area contributed by atoms with Crippen LogP contribution >= 0.6 is 0 Å². The van der Waals surface area contributed by atoms with Gasteiger partial charge in [-0.25, -0.2) is 0 Å². The van der Waals surface area contributed by atoms with E-state index in [9.17, 15) is 4.79 Å². The fourth-order valence-electron chi connectivity index (χ4n) is 2.33. The van der Waals surface area contributed by atoms with E-state index in [1.165, 1.54) is 0 Å². The number of carbonyl (C=O) groups excluding carboxylic acids is 1. The van der Waals surface area contributed by atoms with E-state index < -0.39 is 5.60 Å². The molecule has 2 heterocycles. The second-order valence-electron chi connectivity index (χ2n) is 4.29. The highest BCUT2D eigenvalue weighted by Gasteiger charge is 2.50. The Morgan fingerprint density at radius 3 is 3.00 bits per heavy atom. The predicted octanol–water partition coefficient (Wildman–Crippen LogP) is 1.08. The molecule has 1 saturated heterocycles. The number of aliphatic hydroxyl groups is 1. The third kappa shape index (κ3) is 1.46. The summed E-state index contributed by atoms with van der Waals surface area (Å²) in [6.07, 6.45) is 7.21. The van der Waals surface area contributed by atoms with Gasteiger partial charge in [-0.1, -0.05) is 26.0 Å². The molecule has 0 aromatic heterocycles. The highest BCUT2D eigenvalue weighted by molar-refractivity contribution is 5.87. The van der Waals surface area contributed by atoms with E-state index in [0.717, 1.165) is 0 Å². The third-order valence-corrected chi connectivity index (χ3v) is 3.42. The SMILES string of the molecule is C[C@@H]1C(=O)[C@H](C)[C@]2(/C=C/CO)C=C[C@H]1O2. The van der Waals surface area contributed by atoms with E-state index in [4.69, 9.17) is 9.84 Å². The molecule has 2 aliphatic rings. The summed E-state index contributed by atoms with van der Waals surface area (Å²) in [6.45, 7) is 3.76. The molecule has 82 valence electrons. The Balaban J connectivity index is 2.32. The lowest BCUT2D eigenvalue weighted by molar-refractivity contribution is -0.151. The monoisotopic (exact) mass is 208 g/mol. The molecule has 0 radical (unpaired) electrons. The summed E-state index contributed by atoms with van der Waals surface area (Å²) in [5.74, 6) is -0.00135. The summed E-state index contributed by atoms with van der Waals surface area (Å²) in [7, 11) is 0. The number of aliphatic hydroxyl groups excluding tert-OH is 1. The quantitative estimate of drug-likeness (QED) is 0.691. The Kier molecular flexibility index (Phi) is 2.52. The minimum Gasteiger partial charge on any atom is -0.392 e. The number of Topliss-reactive ketones (excluding diaryl/α,β-unsaturated/α-hetero) is 1. The number of rotatable bonds is 2. The van der Waals surface area contributed by atoms with Gasteiger partial charge in [-0.15, -0.1) is 0 Å². The first kappa shape index (κ1) is 10.6. The number of ketones is 1. The van der Waals surface area contributed by atoms with E-state index in [-0.39, 0.29) is 30.3 Å². The molecule has 1 fully saturated rings. The van der Waals surface area contributed by atoms with Crippen molar-refractivity contribution in [2.24, 2.45) is 11.8 Å². The van der Waals surface area contributed by atoms with Crippen LogP contribution in [-0.4, -0.2) is 29.2 Å². The molecule has 3 heteroatoms. The zero-order valence-electron chi connectivity index (χ0n) is 9.01. The molecule has 0 aromatic rings. The van der Waals surface area contributed by atoms with Crippen LogP contribution in [0.15, 0.2) is 24.3 Å². The Hall–Kier alpha value is -0.930. The summed E-state index contributed by atoms with van der Waals surface area (Å²) in [5, 5.41) is 8.77. The topological polar surface area (TPSA) is 46.5 Å². The molecule has 3 nitrogen and oxygen atoms in total. The fourth-order valence-corrected chi connectivity index (χ4v) is 2.33. The van der Waals surface area contributed by atoms with E-state index in [2.05, 4.69) is 0 Å². The summed E-state index contributed by atoms with van der Waals surface area (Å²) >= 11 is 0. The van der Waals surface area contributed by atoms with Crippen molar-refractivity contribution in [1.82, 2.24) is 0 Å². The van der Waals surface area contributed by atoms with E-state index in [1.54, 1.807) is 12.2 Å². The number of hydrogen-bond acceptors (Lipinski definition) is 3. The molecule has 0 aliphatic carbocycles. The van der Waals surface area contributed by atoms with Crippen LogP contribution in [0.2, 0.25) is 0 Å². The molecule has 0 spiro atoms. The van der Waals surface area contributed by atoms with Gasteiger partial charge < -0.3 is 9.84 Å². The Morgan fingerprint density at radius 1 is 1.60 bits per heavy atom. The van der Waals surface area contributed by atoms with Gasteiger partial charge in [0.1, 0.15) is 11.4 Å². The van der Waals surface area contributed by atoms with Crippen molar-refractivity contribution in [2.75, 3.05) is 6.61 Å². The average Bonchev–Trinajstić information content (AvgIpc) is 2.65. The number of carbonyl (C=O) groups is 1. The first-order valence-electron chi connectivity index (χ1n) is 5.30. The van der Waals surface area contributed by atoms with Crippen LogP contribution in [0, 0.1) is 11.8 Å². The summed E-state index contributed by atoms with van der Waals surface area (Å²) in [5.41, 5.74) is -0.614. The van der Waals surface area contributed by atoms with Gasteiger partial charge in [-0.3, -0.25) is 4.79 Å². The van der Waals surface area contributed by atoms with Gasteiger partial charge in [-0.2, -0.15) is 0 Å². The van der Waals surface area contributed by atoms with Gasteiger partial charge in [0, 0.05) is 5.92 Å². The van der Waals surface area contributed by atoms with Crippen LogP contribution in [0.5, 0.6) is 0 Å². The zero-order valence-corrected chi connectivity index (χ0v) is 9.01. The second-order valence-corrected chi connectivity index (χ2v) is 4.29. The van der Waals surface area contributed by atoms with Gasteiger partial charge in [0.25, 0.3) is 0 Å². The lowest BCUT2D eigenvalue weighted by Gasteiger charge is -2.38. The van der Waals surface area contributed by atoms with Crippen LogP contribution in [0.25, 0.3) is 0 Å². The van der Waals surface area contributed by atoms with Crippen molar-refractivity contribution in [3.05, 3.63) is 24.3 Å². The Bertz CT molecular complexity index is 332. The van der Waals surface area contributed by atoms with Crippen molar-refractivity contribution < 1.29 is 14.6 Å². The maximum atomic E-state index is 11.9. The van der Waals surface area contributed by atoms with Crippen LogP contribution < -0.4 is 0 Å². The molecule has 0 saturated carbocycles. The Morgan fingerprint density at radius 2 is 2.33 bits per heavy atom. The second kappa shape index (κ2) is 3.58. The van der Waals surface area contributed by atoms with E-state index in [0.29, 0.717) is 0 Å². The number of ether oxygens (including phenoxy) is 1. The van der Waals surface area contributed by atoms with Gasteiger partial charge >= 0.3 is 0 Å². The predicted molar refractivity (Wildman–Crippen MR) is 56.3 cm³/mol. The lowest BCUT2D eigenvalue weighted by atomic mass is 9.79. The van der Waals surface area contributed by atoms with Gasteiger partial charge in [0.15, 0.2) is 0 Å². The smallest absolute Gasteiger partial charge is 0.144 e.